The fourth-order valence-corrected chi connectivity index (χ4v) is 1.39. The van der Waals surface area contributed by atoms with Crippen LogP contribution in [-0.4, -0.2) is 12.5 Å². The Kier molecular flexibility index (Phi) is 4.68. The minimum atomic E-state index is -2.37. The molecule has 0 amide bonds. The molecule has 0 saturated heterocycles. The smallest absolute Gasteiger partial charge is 0.240 e. The summed E-state index contributed by atoms with van der Waals surface area (Å²) in [6.07, 6.45) is -2.59. The van der Waals surface area contributed by atoms with Gasteiger partial charge in [0.15, 0.2) is 0 Å². The van der Waals surface area contributed by atoms with Gasteiger partial charge in [0.25, 0.3) is 0 Å². The van der Waals surface area contributed by atoms with E-state index in [1.807, 2.05) is 13.8 Å². The third kappa shape index (κ3) is 4.14. The van der Waals surface area contributed by atoms with Crippen LogP contribution in [0.4, 0.5) is 8.78 Å². The van der Waals surface area contributed by atoms with Crippen molar-refractivity contribution in [3.63, 3.8) is 0 Å². The zero-order valence-corrected chi connectivity index (χ0v) is 9.49. The molecule has 0 aromatic heterocycles. The van der Waals surface area contributed by atoms with Crippen molar-refractivity contribution in [1.29, 1.82) is 0 Å². The fourth-order valence-electron chi connectivity index (χ4n) is 1.39. The highest BCUT2D eigenvalue weighted by atomic mass is 19.3. The molecule has 0 aliphatic carbocycles. The quantitative estimate of drug-likeness (QED) is 0.841. The number of ether oxygens (including phenoxy) is 1. The molecule has 16 heavy (non-hydrogen) atoms. The van der Waals surface area contributed by atoms with Crippen LogP contribution in [0.25, 0.3) is 0 Å². The van der Waals surface area contributed by atoms with Gasteiger partial charge in [0.2, 0.25) is 6.43 Å². The molecule has 1 rings (SSSR count). The molecular weight excluding hydrogens is 212 g/mol. The average Bonchev–Trinajstić information content (AvgIpc) is 2.16. The summed E-state index contributed by atoms with van der Waals surface area (Å²) in [6.45, 7) is 3.85. The Morgan fingerprint density at radius 1 is 1.19 bits per heavy atom. The summed E-state index contributed by atoms with van der Waals surface area (Å²) in [7, 11) is 0. The van der Waals surface area contributed by atoms with E-state index in [0.717, 1.165) is 5.75 Å². The highest BCUT2D eigenvalue weighted by molar-refractivity contribution is 5.29. The van der Waals surface area contributed by atoms with E-state index < -0.39 is 12.5 Å². The van der Waals surface area contributed by atoms with Gasteiger partial charge in [-0.25, -0.2) is 8.78 Å². The van der Waals surface area contributed by atoms with Crippen molar-refractivity contribution in [2.24, 2.45) is 5.73 Å². The largest absolute Gasteiger partial charge is 0.491 e. The van der Waals surface area contributed by atoms with Crippen LogP contribution in [0.15, 0.2) is 24.3 Å². The number of hydrogen-bond acceptors (Lipinski definition) is 2. The second-order valence-electron chi connectivity index (χ2n) is 3.97. The van der Waals surface area contributed by atoms with E-state index in [1.165, 1.54) is 0 Å². The highest BCUT2D eigenvalue weighted by Gasteiger charge is 2.12. The minimum Gasteiger partial charge on any atom is -0.491 e. The normalized spacial score (nSPS) is 13.2. The monoisotopic (exact) mass is 229 g/mol. The van der Waals surface area contributed by atoms with Gasteiger partial charge < -0.3 is 10.5 Å². The molecule has 0 saturated carbocycles. The lowest BCUT2D eigenvalue weighted by molar-refractivity contribution is 0.128. The van der Waals surface area contributed by atoms with Crippen molar-refractivity contribution in [2.45, 2.75) is 38.8 Å². The van der Waals surface area contributed by atoms with Gasteiger partial charge in [-0.05, 0) is 31.5 Å². The average molecular weight is 229 g/mol. The van der Waals surface area contributed by atoms with Crippen molar-refractivity contribution in [3.05, 3.63) is 29.8 Å². The molecule has 0 aliphatic rings. The molecule has 0 unspecified atom stereocenters. The minimum absolute atomic E-state index is 0.0978. The first-order valence-corrected chi connectivity index (χ1v) is 5.29. The molecule has 1 atom stereocenters. The summed E-state index contributed by atoms with van der Waals surface area (Å²) in [5.41, 5.74) is 6.33. The predicted octanol–water partition coefficient (Wildman–Crippen LogP) is 3.13. The fraction of sp³-hybridized carbons (Fsp3) is 0.500. The van der Waals surface area contributed by atoms with E-state index in [-0.39, 0.29) is 12.5 Å². The van der Waals surface area contributed by atoms with E-state index >= 15 is 0 Å². The predicted molar refractivity (Wildman–Crippen MR) is 59.8 cm³/mol. The van der Waals surface area contributed by atoms with Gasteiger partial charge >= 0.3 is 0 Å². The van der Waals surface area contributed by atoms with Crippen molar-refractivity contribution in [3.8, 4) is 5.75 Å². The van der Waals surface area contributed by atoms with Gasteiger partial charge in [-0.3, -0.25) is 0 Å². The SMILES string of the molecule is CC(C)Oc1ccc([C@@H](N)CC(F)F)cc1. The van der Waals surface area contributed by atoms with Crippen LogP contribution in [0.1, 0.15) is 31.9 Å². The number of nitrogens with two attached hydrogens (primary N) is 1. The summed E-state index contributed by atoms with van der Waals surface area (Å²) < 4.78 is 29.7. The number of alkyl halides is 2. The van der Waals surface area contributed by atoms with Gasteiger partial charge in [0, 0.05) is 12.5 Å². The van der Waals surface area contributed by atoms with Crippen LogP contribution in [0.5, 0.6) is 5.75 Å². The molecule has 2 nitrogen and oxygen atoms in total. The molecule has 2 N–H and O–H groups in total. The van der Waals surface area contributed by atoms with Crippen LogP contribution in [-0.2, 0) is 0 Å². The Morgan fingerprint density at radius 3 is 2.19 bits per heavy atom. The molecule has 90 valence electrons. The first-order chi connectivity index (χ1) is 7.49. The number of hydrogen-bond donors (Lipinski definition) is 1. The molecule has 0 heterocycles. The first kappa shape index (κ1) is 12.9. The number of benzene rings is 1. The summed E-state index contributed by atoms with van der Waals surface area (Å²) in [4.78, 5) is 0. The van der Waals surface area contributed by atoms with Crippen molar-refractivity contribution in [2.75, 3.05) is 0 Å². The van der Waals surface area contributed by atoms with Crippen LogP contribution in [0.3, 0.4) is 0 Å². The van der Waals surface area contributed by atoms with Gasteiger partial charge in [0.05, 0.1) is 6.10 Å². The molecule has 0 radical (unpaired) electrons. The first-order valence-electron chi connectivity index (χ1n) is 5.29. The van der Waals surface area contributed by atoms with Crippen LogP contribution < -0.4 is 10.5 Å². The van der Waals surface area contributed by atoms with E-state index in [0.29, 0.717) is 5.56 Å². The summed E-state index contributed by atoms with van der Waals surface area (Å²) >= 11 is 0. The van der Waals surface area contributed by atoms with Crippen molar-refractivity contribution >= 4 is 0 Å². The van der Waals surface area contributed by atoms with Gasteiger partial charge in [0.1, 0.15) is 5.75 Å². The maximum absolute atomic E-state index is 12.1. The Morgan fingerprint density at radius 2 is 1.75 bits per heavy atom. The Bertz CT molecular complexity index is 311. The summed E-state index contributed by atoms with van der Waals surface area (Å²) in [5, 5.41) is 0. The van der Waals surface area contributed by atoms with Gasteiger partial charge in [-0.15, -0.1) is 0 Å². The lowest BCUT2D eigenvalue weighted by Gasteiger charge is -2.13. The Hall–Kier alpha value is -1.16. The molecule has 4 heteroatoms. The maximum atomic E-state index is 12.1. The molecule has 1 aromatic carbocycles. The lowest BCUT2D eigenvalue weighted by atomic mass is 10.1. The third-order valence-electron chi connectivity index (χ3n) is 2.11. The van der Waals surface area contributed by atoms with E-state index in [2.05, 4.69) is 0 Å². The van der Waals surface area contributed by atoms with Gasteiger partial charge in [-0.2, -0.15) is 0 Å². The van der Waals surface area contributed by atoms with Crippen LogP contribution in [0, 0.1) is 0 Å². The molecule has 0 fully saturated rings. The second kappa shape index (κ2) is 5.80. The van der Waals surface area contributed by atoms with E-state index in [9.17, 15) is 8.78 Å². The van der Waals surface area contributed by atoms with Crippen LogP contribution in [0.2, 0.25) is 0 Å². The van der Waals surface area contributed by atoms with Crippen LogP contribution >= 0.6 is 0 Å². The topological polar surface area (TPSA) is 35.2 Å². The highest BCUT2D eigenvalue weighted by Crippen LogP contribution is 2.21. The standard InChI is InChI=1S/C12H17F2NO/c1-8(2)16-10-5-3-9(4-6-10)11(15)7-12(13)14/h3-6,8,11-12H,7,15H2,1-2H3/t11-/m0/s1. The zero-order valence-electron chi connectivity index (χ0n) is 9.49. The van der Waals surface area contributed by atoms with Gasteiger partial charge in [-0.1, -0.05) is 12.1 Å². The zero-order chi connectivity index (χ0) is 12.1. The second-order valence-corrected chi connectivity index (χ2v) is 3.97. The number of rotatable bonds is 5. The maximum Gasteiger partial charge on any atom is 0.240 e. The van der Waals surface area contributed by atoms with Crippen molar-refractivity contribution in [1.82, 2.24) is 0 Å². The van der Waals surface area contributed by atoms with Crippen molar-refractivity contribution < 1.29 is 13.5 Å². The Balaban J connectivity index is 2.63. The number of halogens is 2. The Labute approximate surface area is 94.4 Å². The summed E-state index contributed by atoms with van der Waals surface area (Å²) in [5.74, 6) is 0.725. The molecule has 0 bridgehead atoms. The molecular formula is C12H17F2NO. The lowest BCUT2D eigenvalue weighted by Crippen LogP contribution is -2.14. The summed E-state index contributed by atoms with van der Waals surface area (Å²) in [6, 6.07) is 6.34. The van der Waals surface area contributed by atoms with E-state index in [4.69, 9.17) is 10.5 Å². The third-order valence-corrected chi connectivity index (χ3v) is 2.11. The molecule has 0 spiro atoms. The molecule has 0 aliphatic heterocycles. The molecule has 1 aromatic rings. The van der Waals surface area contributed by atoms with E-state index in [1.54, 1.807) is 24.3 Å².